The Balaban J connectivity index is 2.06. The second-order valence-corrected chi connectivity index (χ2v) is 4.71. The first-order chi connectivity index (χ1) is 7.98. The minimum Gasteiger partial charge on any atom is -0.424 e. The van der Waals surface area contributed by atoms with Gasteiger partial charge in [0.1, 0.15) is 12.4 Å². The first-order valence-electron chi connectivity index (χ1n) is 4.83. The van der Waals surface area contributed by atoms with E-state index in [9.17, 15) is 13.2 Å². The monoisotopic (exact) mass is 258 g/mol. The molecular formula is C10H10O6S. The topological polar surface area (TPSA) is 78.9 Å². The average Bonchev–Trinajstić information content (AvgIpc) is 2.62. The standard InChI is InChI=1S/C10H10O6S/c1-7-4-2-3-5-8(7)15-10(11)9-6-14-17(12,13)16-9/h2-5,9H,6H2,1H3. The Hall–Kier alpha value is -1.44. The average molecular weight is 258 g/mol. The van der Waals surface area contributed by atoms with Gasteiger partial charge in [-0.1, -0.05) is 18.2 Å². The summed E-state index contributed by atoms with van der Waals surface area (Å²) in [4.78, 5) is 11.6. The van der Waals surface area contributed by atoms with Crippen molar-refractivity contribution in [1.82, 2.24) is 0 Å². The van der Waals surface area contributed by atoms with Gasteiger partial charge in [0.2, 0.25) is 6.10 Å². The van der Waals surface area contributed by atoms with Crippen molar-refractivity contribution < 1.29 is 26.3 Å². The molecule has 7 heteroatoms. The van der Waals surface area contributed by atoms with E-state index in [0.29, 0.717) is 5.75 Å². The Labute approximate surface area is 98.4 Å². The second kappa shape index (κ2) is 4.44. The third-order valence-electron chi connectivity index (χ3n) is 2.16. The van der Waals surface area contributed by atoms with Crippen LogP contribution in [0.4, 0.5) is 0 Å². The SMILES string of the molecule is Cc1ccccc1OC(=O)C1COS(=O)(=O)O1. The van der Waals surface area contributed by atoms with E-state index in [1.54, 1.807) is 31.2 Å². The summed E-state index contributed by atoms with van der Waals surface area (Å²) in [5, 5.41) is 0. The molecule has 1 atom stereocenters. The van der Waals surface area contributed by atoms with E-state index in [2.05, 4.69) is 8.37 Å². The largest absolute Gasteiger partial charge is 0.424 e. The fraction of sp³-hybridized carbons (Fsp3) is 0.300. The van der Waals surface area contributed by atoms with E-state index in [-0.39, 0.29) is 6.61 Å². The van der Waals surface area contributed by atoms with Crippen LogP contribution in [0, 0.1) is 6.92 Å². The molecule has 0 aliphatic carbocycles. The first kappa shape index (κ1) is 12.0. The number of hydrogen-bond acceptors (Lipinski definition) is 6. The van der Waals surface area contributed by atoms with Crippen LogP contribution in [0.5, 0.6) is 5.75 Å². The molecule has 1 fully saturated rings. The molecular weight excluding hydrogens is 248 g/mol. The Morgan fingerprint density at radius 1 is 1.41 bits per heavy atom. The summed E-state index contributed by atoms with van der Waals surface area (Å²) >= 11 is 0. The number of rotatable bonds is 2. The fourth-order valence-electron chi connectivity index (χ4n) is 1.30. The highest BCUT2D eigenvalue weighted by Gasteiger charge is 2.36. The highest BCUT2D eigenvalue weighted by Crippen LogP contribution is 2.19. The molecule has 1 aliphatic rings. The zero-order valence-corrected chi connectivity index (χ0v) is 9.77. The lowest BCUT2D eigenvalue weighted by Crippen LogP contribution is -2.28. The first-order valence-corrected chi connectivity index (χ1v) is 6.16. The number of benzene rings is 1. The van der Waals surface area contributed by atoms with Crippen molar-refractivity contribution in [3.63, 3.8) is 0 Å². The quantitative estimate of drug-likeness (QED) is 0.569. The molecule has 1 aliphatic heterocycles. The lowest BCUT2D eigenvalue weighted by atomic mass is 10.2. The van der Waals surface area contributed by atoms with E-state index in [1.165, 1.54) is 0 Å². The van der Waals surface area contributed by atoms with Crippen molar-refractivity contribution in [3.8, 4) is 5.75 Å². The molecule has 92 valence electrons. The summed E-state index contributed by atoms with van der Waals surface area (Å²) in [6, 6.07) is 6.88. The maximum atomic E-state index is 11.6. The van der Waals surface area contributed by atoms with Crippen molar-refractivity contribution in [3.05, 3.63) is 29.8 Å². The van der Waals surface area contributed by atoms with Gasteiger partial charge in [-0.25, -0.2) is 13.2 Å². The summed E-state index contributed by atoms with van der Waals surface area (Å²) in [6.45, 7) is 1.42. The van der Waals surface area contributed by atoms with Crippen LogP contribution in [-0.4, -0.2) is 27.1 Å². The Morgan fingerprint density at radius 2 is 2.12 bits per heavy atom. The highest BCUT2D eigenvalue weighted by atomic mass is 32.3. The van der Waals surface area contributed by atoms with E-state index in [1.807, 2.05) is 0 Å². The van der Waals surface area contributed by atoms with Gasteiger partial charge in [0.05, 0.1) is 0 Å². The van der Waals surface area contributed by atoms with E-state index < -0.39 is 22.5 Å². The highest BCUT2D eigenvalue weighted by molar-refractivity contribution is 7.82. The predicted octanol–water partition coefficient (Wildman–Crippen LogP) is 0.561. The number of carbonyl (C=O) groups excluding carboxylic acids is 1. The van der Waals surface area contributed by atoms with Gasteiger partial charge in [-0.3, -0.25) is 0 Å². The van der Waals surface area contributed by atoms with Gasteiger partial charge >= 0.3 is 16.4 Å². The third kappa shape index (κ3) is 2.82. The number of para-hydroxylation sites is 1. The maximum absolute atomic E-state index is 11.6. The van der Waals surface area contributed by atoms with Crippen LogP contribution in [0.3, 0.4) is 0 Å². The number of carbonyl (C=O) groups is 1. The van der Waals surface area contributed by atoms with Crippen LogP contribution >= 0.6 is 0 Å². The van der Waals surface area contributed by atoms with Crippen LogP contribution in [0.1, 0.15) is 5.56 Å². The van der Waals surface area contributed by atoms with Gasteiger partial charge in [0, 0.05) is 0 Å². The zero-order valence-electron chi connectivity index (χ0n) is 8.95. The minimum atomic E-state index is -4.04. The van der Waals surface area contributed by atoms with Crippen molar-refractivity contribution >= 4 is 16.4 Å². The van der Waals surface area contributed by atoms with Gasteiger partial charge < -0.3 is 4.74 Å². The number of ether oxygens (including phenoxy) is 1. The maximum Gasteiger partial charge on any atom is 0.400 e. The van der Waals surface area contributed by atoms with Crippen LogP contribution in [0.2, 0.25) is 0 Å². The van der Waals surface area contributed by atoms with Crippen LogP contribution in [-0.2, 0) is 23.6 Å². The van der Waals surface area contributed by atoms with E-state index >= 15 is 0 Å². The van der Waals surface area contributed by atoms with Crippen LogP contribution in [0.25, 0.3) is 0 Å². The molecule has 0 N–H and O–H groups in total. The second-order valence-electron chi connectivity index (χ2n) is 3.46. The molecule has 0 spiro atoms. The fourth-order valence-corrected chi connectivity index (χ4v) is 2.06. The molecule has 1 saturated heterocycles. The molecule has 0 amide bonds. The van der Waals surface area contributed by atoms with Crippen LogP contribution in [0.15, 0.2) is 24.3 Å². The van der Waals surface area contributed by atoms with Crippen molar-refractivity contribution in [2.24, 2.45) is 0 Å². The third-order valence-corrected chi connectivity index (χ3v) is 3.06. The molecule has 1 aromatic carbocycles. The summed E-state index contributed by atoms with van der Waals surface area (Å²) in [5.41, 5.74) is 0.766. The normalized spacial score (nSPS) is 22.3. The predicted molar refractivity (Wildman–Crippen MR) is 56.6 cm³/mol. The van der Waals surface area contributed by atoms with Crippen LogP contribution < -0.4 is 4.74 Å². The van der Waals surface area contributed by atoms with Gasteiger partial charge in [0.15, 0.2) is 0 Å². The van der Waals surface area contributed by atoms with Gasteiger partial charge in [-0.15, -0.1) is 0 Å². The van der Waals surface area contributed by atoms with Crippen molar-refractivity contribution in [1.29, 1.82) is 0 Å². The number of esters is 1. The summed E-state index contributed by atoms with van der Waals surface area (Å²) in [7, 11) is -4.04. The van der Waals surface area contributed by atoms with Gasteiger partial charge in [-0.05, 0) is 18.6 Å². The Bertz CT molecular complexity index is 535. The minimum absolute atomic E-state index is 0.354. The molecule has 0 radical (unpaired) electrons. The molecule has 1 heterocycles. The molecule has 1 aromatic rings. The molecule has 17 heavy (non-hydrogen) atoms. The molecule has 2 rings (SSSR count). The Morgan fingerprint density at radius 3 is 2.71 bits per heavy atom. The summed E-state index contributed by atoms with van der Waals surface area (Å²) in [5.74, 6) is -0.425. The zero-order chi connectivity index (χ0) is 12.5. The molecule has 6 nitrogen and oxygen atoms in total. The molecule has 0 aromatic heterocycles. The smallest absolute Gasteiger partial charge is 0.400 e. The lowest BCUT2D eigenvalue weighted by Gasteiger charge is -2.08. The molecule has 1 unspecified atom stereocenters. The molecule has 0 saturated carbocycles. The van der Waals surface area contributed by atoms with Gasteiger partial charge in [-0.2, -0.15) is 8.42 Å². The lowest BCUT2D eigenvalue weighted by molar-refractivity contribution is -0.141. The van der Waals surface area contributed by atoms with Crippen molar-refractivity contribution in [2.75, 3.05) is 6.61 Å². The van der Waals surface area contributed by atoms with E-state index in [4.69, 9.17) is 4.74 Å². The summed E-state index contributed by atoms with van der Waals surface area (Å²) in [6.07, 6.45) is -1.24. The summed E-state index contributed by atoms with van der Waals surface area (Å²) < 4.78 is 35.3. The van der Waals surface area contributed by atoms with E-state index in [0.717, 1.165) is 5.56 Å². The van der Waals surface area contributed by atoms with Gasteiger partial charge in [0.25, 0.3) is 0 Å². The van der Waals surface area contributed by atoms with Crippen molar-refractivity contribution in [2.45, 2.75) is 13.0 Å². The number of hydrogen-bond donors (Lipinski definition) is 0. The Kier molecular flexibility index (Phi) is 3.14. The molecule has 0 bridgehead atoms. The number of aryl methyl sites for hydroxylation is 1.